The van der Waals surface area contributed by atoms with Crippen LogP contribution in [-0.2, 0) is 6.42 Å². The first-order valence-corrected chi connectivity index (χ1v) is 8.85. The van der Waals surface area contributed by atoms with Gasteiger partial charge in [-0.25, -0.2) is 0 Å². The van der Waals surface area contributed by atoms with Crippen molar-refractivity contribution >= 4 is 11.6 Å². The van der Waals surface area contributed by atoms with Gasteiger partial charge in [0.25, 0.3) is 0 Å². The summed E-state index contributed by atoms with van der Waals surface area (Å²) in [5.41, 5.74) is 2.76. The summed E-state index contributed by atoms with van der Waals surface area (Å²) in [6.45, 7) is 2.17. The van der Waals surface area contributed by atoms with Crippen LogP contribution in [0, 0.1) is 24.7 Å². The van der Waals surface area contributed by atoms with Gasteiger partial charge in [0.05, 0.1) is 0 Å². The third-order valence-electron chi connectivity index (χ3n) is 5.60. The third-order valence-corrected chi connectivity index (χ3v) is 6.12. The first-order valence-electron chi connectivity index (χ1n) is 8.42. The van der Waals surface area contributed by atoms with E-state index in [2.05, 4.69) is 31.2 Å². The van der Waals surface area contributed by atoms with E-state index < -0.39 is 0 Å². The highest BCUT2D eigenvalue weighted by Crippen LogP contribution is 2.44. The highest BCUT2D eigenvalue weighted by Gasteiger charge is 2.34. The van der Waals surface area contributed by atoms with Crippen molar-refractivity contribution in [2.45, 2.75) is 63.7 Å². The second-order valence-electron chi connectivity index (χ2n) is 7.09. The van der Waals surface area contributed by atoms with Gasteiger partial charge in [-0.15, -0.1) is 11.6 Å². The number of benzene rings is 1. The minimum atomic E-state index is 0.333. The van der Waals surface area contributed by atoms with Crippen LogP contribution in [0.2, 0.25) is 0 Å². The Morgan fingerprint density at radius 3 is 2.70 bits per heavy atom. The molecule has 0 spiro atoms. The number of alkyl halides is 1. The van der Waals surface area contributed by atoms with Gasteiger partial charge in [-0.05, 0) is 55.9 Å². The monoisotopic (exact) mass is 290 g/mol. The SMILES string of the molecule is Cc1cccc(CC(Cl)C2CCC3CCCCC3C2)c1. The largest absolute Gasteiger partial charge is 0.122 e. The molecule has 0 nitrogen and oxygen atoms in total. The predicted molar refractivity (Wildman–Crippen MR) is 87.3 cm³/mol. The van der Waals surface area contributed by atoms with Crippen LogP contribution >= 0.6 is 11.6 Å². The summed E-state index contributed by atoms with van der Waals surface area (Å²) in [5, 5.41) is 0.333. The Kier molecular flexibility index (Phi) is 4.71. The highest BCUT2D eigenvalue weighted by molar-refractivity contribution is 6.20. The molecule has 2 aliphatic carbocycles. The van der Waals surface area contributed by atoms with Crippen LogP contribution in [0.1, 0.15) is 56.1 Å². The third kappa shape index (κ3) is 3.39. The van der Waals surface area contributed by atoms with Crippen molar-refractivity contribution in [1.29, 1.82) is 0 Å². The fraction of sp³-hybridized carbons (Fsp3) is 0.684. The lowest BCUT2D eigenvalue weighted by atomic mass is 9.66. The molecule has 4 unspecified atom stereocenters. The Morgan fingerprint density at radius 2 is 1.90 bits per heavy atom. The van der Waals surface area contributed by atoms with E-state index in [9.17, 15) is 0 Å². The Bertz CT molecular complexity index is 439. The number of halogens is 1. The van der Waals surface area contributed by atoms with Crippen LogP contribution in [0.5, 0.6) is 0 Å². The lowest BCUT2D eigenvalue weighted by Gasteiger charge is -2.40. The Morgan fingerprint density at radius 1 is 1.10 bits per heavy atom. The maximum absolute atomic E-state index is 6.78. The molecule has 20 heavy (non-hydrogen) atoms. The lowest BCUT2D eigenvalue weighted by molar-refractivity contribution is 0.127. The van der Waals surface area contributed by atoms with E-state index in [0.29, 0.717) is 5.38 Å². The van der Waals surface area contributed by atoms with Gasteiger partial charge >= 0.3 is 0 Å². The number of hydrogen-bond acceptors (Lipinski definition) is 0. The van der Waals surface area contributed by atoms with Crippen molar-refractivity contribution in [2.75, 3.05) is 0 Å². The van der Waals surface area contributed by atoms with E-state index in [1.165, 1.54) is 56.1 Å². The minimum Gasteiger partial charge on any atom is -0.122 e. The van der Waals surface area contributed by atoms with E-state index in [1.54, 1.807) is 0 Å². The zero-order valence-electron chi connectivity index (χ0n) is 12.7. The molecule has 1 aromatic rings. The summed E-state index contributed by atoms with van der Waals surface area (Å²) in [4.78, 5) is 0. The fourth-order valence-electron chi connectivity index (χ4n) is 4.47. The van der Waals surface area contributed by atoms with Gasteiger partial charge in [-0.2, -0.15) is 0 Å². The normalized spacial score (nSPS) is 31.6. The highest BCUT2D eigenvalue weighted by atomic mass is 35.5. The van der Waals surface area contributed by atoms with E-state index in [4.69, 9.17) is 11.6 Å². The number of aryl methyl sites for hydroxylation is 1. The quantitative estimate of drug-likeness (QED) is 0.622. The summed E-state index contributed by atoms with van der Waals surface area (Å²) in [6.07, 6.45) is 11.1. The second-order valence-corrected chi connectivity index (χ2v) is 7.65. The lowest BCUT2D eigenvalue weighted by Crippen LogP contribution is -2.32. The molecule has 0 aromatic heterocycles. The molecule has 0 amide bonds. The molecule has 0 N–H and O–H groups in total. The fourth-order valence-corrected chi connectivity index (χ4v) is 4.88. The van der Waals surface area contributed by atoms with Gasteiger partial charge in [-0.1, -0.05) is 55.5 Å². The maximum Gasteiger partial charge on any atom is 0.0404 e. The standard InChI is InChI=1S/C19H27Cl/c1-14-5-4-6-15(11-14)12-19(20)18-10-9-16-7-2-3-8-17(16)13-18/h4-6,11,16-19H,2-3,7-10,12-13H2,1H3. The minimum absolute atomic E-state index is 0.333. The molecule has 110 valence electrons. The van der Waals surface area contributed by atoms with Crippen molar-refractivity contribution in [3.05, 3.63) is 35.4 Å². The molecular weight excluding hydrogens is 264 g/mol. The first kappa shape index (κ1) is 14.4. The van der Waals surface area contributed by atoms with Crippen LogP contribution in [0.15, 0.2) is 24.3 Å². The molecule has 1 aromatic carbocycles. The van der Waals surface area contributed by atoms with Crippen LogP contribution in [0.25, 0.3) is 0 Å². The van der Waals surface area contributed by atoms with Gasteiger partial charge in [0, 0.05) is 5.38 Å². The molecule has 0 bridgehead atoms. The van der Waals surface area contributed by atoms with Gasteiger partial charge < -0.3 is 0 Å². The van der Waals surface area contributed by atoms with Gasteiger partial charge in [0.1, 0.15) is 0 Å². The second kappa shape index (κ2) is 6.52. The molecule has 2 fully saturated rings. The van der Waals surface area contributed by atoms with Crippen LogP contribution < -0.4 is 0 Å². The van der Waals surface area contributed by atoms with Crippen molar-refractivity contribution in [1.82, 2.24) is 0 Å². The summed E-state index contributed by atoms with van der Waals surface area (Å²) >= 11 is 6.78. The molecule has 4 atom stereocenters. The molecule has 0 aliphatic heterocycles. The number of hydrogen-bond donors (Lipinski definition) is 0. The zero-order valence-corrected chi connectivity index (χ0v) is 13.4. The van der Waals surface area contributed by atoms with Crippen molar-refractivity contribution in [3.63, 3.8) is 0 Å². The number of fused-ring (bicyclic) bond motifs is 1. The van der Waals surface area contributed by atoms with E-state index in [1.807, 2.05) is 0 Å². The van der Waals surface area contributed by atoms with Crippen molar-refractivity contribution in [2.24, 2.45) is 17.8 Å². The topological polar surface area (TPSA) is 0 Å². The Labute approximate surface area is 128 Å². The molecule has 3 rings (SSSR count). The van der Waals surface area contributed by atoms with E-state index in [-0.39, 0.29) is 0 Å². The van der Waals surface area contributed by atoms with E-state index >= 15 is 0 Å². The molecule has 2 saturated carbocycles. The molecule has 0 heterocycles. The predicted octanol–water partition coefficient (Wildman–Crippen LogP) is 5.75. The first-order chi connectivity index (χ1) is 9.72. The molecule has 0 radical (unpaired) electrons. The number of rotatable bonds is 3. The van der Waals surface area contributed by atoms with Crippen LogP contribution in [-0.4, -0.2) is 5.38 Å². The van der Waals surface area contributed by atoms with Crippen LogP contribution in [0.3, 0.4) is 0 Å². The summed E-state index contributed by atoms with van der Waals surface area (Å²) < 4.78 is 0. The van der Waals surface area contributed by atoms with E-state index in [0.717, 1.165) is 24.2 Å². The zero-order chi connectivity index (χ0) is 13.9. The summed E-state index contributed by atoms with van der Waals surface area (Å²) in [5.74, 6) is 2.76. The smallest absolute Gasteiger partial charge is 0.0404 e. The Balaban J connectivity index is 1.58. The van der Waals surface area contributed by atoms with Gasteiger partial charge in [0.2, 0.25) is 0 Å². The average Bonchev–Trinajstić information content (AvgIpc) is 2.47. The molecular formula is C19H27Cl. The van der Waals surface area contributed by atoms with Crippen LogP contribution in [0.4, 0.5) is 0 Å². The van der Waals surface area contributed by atoms with Gasteiger partial charge in [0.15, 0.2) is 0 Å². The summed E-state index contributed by atoms with van der Waals surface area (Å²) in [7, 11) is 0. The van der Waals surface area contributed by atoms with Gasteiger partial charge in [-0.3, -0.25) is 0 Å². The molecule has 2 aliphatic rings. The summed E-state index contributed by atoms with van der Waals surface area (Å²) in [6, 6.07) is 8.85. The molecule has 1 heteroatoms. The van der Waals surface area contributed by atoms with Crippen molar-refractivity contribution < 1.29 is 0 Å². The Hall–Kier alpha value is -0.490. The van der Waals surface area contributed by atoms with Crippen molar-refractivity contribution in [3.8, 4) is 0 Å². The molecule has 0 saturated heterocycles. The maximum atomic E-state index is 6.78. The average molecular weight is 291 g/mol.